The number of rotatable bonds is 3. The average molecular weight is 290 g/mol. The van der Waals surface area contributed by atoms with Crippen molar-refractivity contribution in [1.82, 2.24) is 9.80 Å². The van der Waals surface area contributed by atoms with Crippen molar-refractivity contribution in [2.24, 2.45) is 0 Å². The summed E-state index contributed by atoms with van der Waals surface area (Å²) in [7, 11) is 2.13. The molecule has 2 aromatic rings. The number of fused-ring (bicyclic) bond motifs is 1. The Bertz CT molecular complexity index is 690. The van der Waals surface area contributed by atoms with Crippen LogP contribution in [-0.2, 0) is 12.8 Å². The van der Waals surface area contributed by atoms with Gasteiger partial charge in [-0.2, -0.15) is 0 Å². The quantitative estimate of drug-likeness (QED) is 0.845. The second-order valence-electron chi connectivity index (χ2n) is 6.41. The zero-order valence-corrected chi connectivity index (χ0v) is 13.1. The topological polar surface area (TPSA) is 6.48 Å². The SMILES string of the molecule is CN1C=CN(C(c2ccccc2)c2ccc3c(c2)CCC3)C1. The maximum absolute atomic E-state index is 2.44. The first-order valence-corrected chi connectivity index (χ1v) is 8.12. The molecule has 2 aromatic carbocycles. The van der Waals surface area contributed by atoms with Crippen LogP contribution < -0.4 is 0 Å². The number of aryl methyl sites for hydroxylation is 2. The van der Waals surface area contributed by atoms with Crippen molar-refractivity contribution in [3.63, 3.8) is 0 Å². The summed E-state index contributed by atoms with van der Waals surface area (Å²) in [6, 6.07) is 18.3. The Kier molecular flexibility index (Phi) is 3.38. The molecule has 0 N–H and O–H groups in total. The van der Waals surface area contributed by atoms with Gasteiger partial charge < -0.3 is 9.80 Å². The second-order valence-corrected chi connectivity index (χ2v) is 6.41. The third kappa shape index (κ3) is 2.39. The van der Waals surface area contributed by atoms with E-state index in [0.29, 0.717) is 6.04 Å². The van der Waals surface area contributed by atoms with Crippen molar-refractivity contribution >= 4 is 0 Å². The van der Waals surface area contributed by atoms with Gasteiger partial charge in [0.2, 0.25) is 0 Å². The average Bonchev–Trinajstić information content (AvgIpc) is 3.17. The van der Waals surface area contributed by atoms with Gasteiger partial charge in [0.05, 0.1) is 12.7 Å². The van der Waals surface area contributed by atoms with E-state index in [4.69, 9.17) is 0 Å². The van der Waals surface area contributed by atoms with E-state index < -0.39 is 0 Å². The Balaban J connectivity index is 1.75. The highest BCUT2D eigenvalue weighted by atomic mass is 15.3. The molecule has 0 bridgehead atoms. The van der Waals surface area contributed by atoms with Gasteiger partial charge in [0.25, 0.3) is 0 Å². The summed E-state index contributed by atoms with van der Waals surface area (Å²) in [5, 5.41) is 0. The minimum absolute atomic E-state index is 0.299. The standard InChI is InChI=1S/C20H22N2/c1-21-12-13-22(15-21)20(17-6-3-2-4-7-17)19-11-10-16-8-5-9-18(16)14-19/h2-4,6-7,10-14,20H,5,8-9,15H2,1H3. The van der Waals surface area contributed by atoms with Crippen molar-refractivity contribution in [2.75, 3.05) is 13.7 Å². The molecule has 2 aliphatic rings. The maximum atomic E-state index is 2.44. The predicted octanol–water partition coefficient (Wildman–Crippen LogP) is 3.94. The van der Waals surface area contributed by atoms with E-state index in [1.807, 2.05) is 0 Å². The lowest BCUT2D eigenvalue weighted by atomic mass is 9.95. The molecule has 1 heterocycles. The van der Waals surface area contributed by atoms with Gasteiger partial charge in [0.15, 0.2) is 0 Å². The van der Waals surface area contributed by atoms with Crippen LogP contribution in [0.2, 0.25) is 0 Å². The van der Waals surface area contributed by atoms with Crippen LogP contribution in [0.1, 0.15) is 34.7 Å². The minimum Gasteiger partial charge on any atom is -0.362 e. The lowest BCUT2D eigenvalue weighted by Gasteiger charge is -2.30. The number of hydrogen-bond donors (Lipinski definition) is 0. The minimum atomic E-state index is 0.299. The van der Waals surface area contributed by atoms with E-state index in [2.05, 4.69) is 77.8 Å². The molecule has 4 rings (SSSR count). The third-order valence-electron chi connectivity index (χ3n) is 4.78. The van der Waals surface area contributed by atoms with Gasteiger partial charge in [-0.1, -0.05) is 48.5 Å². The fraction of sp³-hybridized carbons (Fsp3) is 0.300. The maximum Gasteiger partial charge on any atom is 0.0899 e. The molecule has 1 aliphatic carbocycles. The van der Waals surface area contributed by atoms with Gasteiger partial charge in [0.1, 0.15) is 0 Å². The highest BCUT2D eigenvalue weighted by Crippen LogP contribution is 2.33. The van der Waals surface area contributed by atoms with Gasteiger partial charge in [0, 0.05) is 19.4 Å². The summed E-state index contributed by atoms with van der Waals surface area (Å²) < 4.78 is 0. The summed E-state index contributed by atoms with van der Waals surface area (Å²) in [5.41, 5.74) is 5.87. The molecule has 1 atom stereocenters. The van der Waals surface area contributed by atoms with Gasteiger partial charge in [-0.05, 0) is 41.5 Å². The number of hydrogen-bond acceptors (Lipinski definition) is 2. The molecule has 0 radical (unpaired) electrons. The third-order valence-corrected chi connectivity index (χ3v) is 4.78. The molecule has 0 spiro atoms. The molecule has 22 heavy (non-hydrogen) atoms. The van der Waals surface area contributed by atoms with Crippen molar-refractivity contribution in [1.29, 1.82) is 0 Å². The second kappa shape index (κ2) is 5.53. The molecule has 0 aromatic heterocycles. The van der Waals surface area contributed by atoms with E-state index in [1.54, 1.807) is 11.1 Å². The molecule has 0 saturated heterocycles. The Morgan fingerprint density at radius 3 is 2.45 bits per heavy atom. The molecular weight excluding hydrogens is 268 g/mol. The lowest BCUT2D eigenvalue weighted by molar-refractivity contribution is 0.257. The molecule has 2 heteroatoms. The number of benzene rings is 2. The fourth-order valence-corrected chi connectivity index (χ4v) is 3.69. The van der Waals surface area contributed by atoms with Crippen LogP contribution in [0.3, 0.4) is 0 Å². The highest BCUT2D eigenvalue weighted by Gasteiger charge is 2.24. The van der Waals surface area contributed by atoms with Crippen LogP contribution in [-0.4, -0.2) is 23.5 Å². The van der Waals surface area contributed by atoms with Crippen LogP contribution in [0, 0.1) is 0 Å². The van der Waals surface area contributed by atoms with Crippen molar-refractivity contribution in [2.45, 2.75) is 25.3 Å². The van der Waals surface area contributed by atoms with E-state index in [1.165, 1.54) is 30.4 Å². The van der Waals surface area contributed by atoms with E-state index in [-0.39, 0.29) is 0 Å². The Morgan fingerprint density at radius 1 is 0.864 bits per heavy atom. The first-order chi connectivity index (χ1) is 10.8. The van der Waals surface area contributed by atoms with Crippen molar-refractivity contribution < 1.29 is 0 Å². The summed E-state index contributed by atoms with van der Waals surface area (Å²) >= 11 is 0. The Morgan fingerprint density at radius 2 is 1.68 bits per heavy atom. The van der Waals surface area contributed by atoms with Crippen LogP contribution in [0.4, 0.5) is 0 Å². The largest absolute Gasteiger partial charge is 0.362 e. The van der Waals surface area contributed by atoms with Gasteiger partial charge in [-0.15, -0.1) is 0 Å². The zero-order valence-electron chi connectivity index (χ0n) is 13.1. The molecular formula is C20H22N2. The van der Waals surface area contributed by atoms with Gasteiger partial charge in [-0.25, -0.2) is 0 Å². The summed E-state index contributed by atoms with van der Waals surface area (Å²) in [6.45, 7) is 0.941. The summed E-state index contributed by atoms with van der Waals surface area (Å²) in [5.74, 6) is 0. The fourth-order valence-electron chi connectivity index (χ4n) is 3.69. The first kappa shape index (κ1) is 13.4. The molecule has 1 aliphatic heterocycles. The number of nitrogens with zero attached hydrogens (tertiary/aromatic N) is 2. The molecule has 112 valence electrons. The molecule has 2 nitrogen and oxygen atoms in total. The van der Waals surface area contributed by atoms with Crippen LogP contribution in [0.15, 0.2) is 60.9 Å². The van der Waals surface area contributed by atoms with Crippen molar-refractivity contribution in [3.8, 4) is 0 Å². The molecule has 0 saturated carbocycles. The molecule has 0 amide bonds. The zero-order chi connectivity index (χ0) is 14.9. The first-order valence-electron chi connectivity index (χ1n) is 8.12. The highest BCUT2D eigenvalue weighted by molar-refractivity contribution is 5.40. The van der Waals surface area contributed by atoms with E-state index >= 15 is 0 Å². The Hall–Kier alpha value is -2.22. The van der Waals surface area contributed by atoms with E-state index in [9.17, 15) is 0 Å². The normalized spacial score (nSPS) is 17.9. The summed E-state index contributed by atoms with van der Waals surface area (Å²) in [6.07, 6.45) is 8.16. The van der Waals surface area contributed by atoms with Crippen molar-refractivity contribution in [3.05, 3.63) is 83.2 Å². The lowest BCUT2D eigenvalue weighted by Crippen LogP contribution is -2.27. The van der Waals surface area contributed by atoms with Gasteiger partial charge in [-0.3, -0.25) is 0 Å². The smallest absolute Gasteiger partial charge is 0.0899 e. The van der Waals surface area contributed by atoms with Crippen LogP contribution >= 0.6 is 0 Å². The molecule has 0 fully saturated rings. The van der Waals surface area contributed by atoms with E-state index in [0.717, 1.165) is 6.67 Å². The van der Waals surface area contributed by atoms with Crippen LogP contribution in [0.5, 0.6) is 0 Å². The van der Waals surface area contributed by atoms with Gasteiger partial charge >= 0.3 is 0 Å². The van der Waals surface area contributed by atoms with Crippen LogP contribution in [0.25, 0.3) is 0 Å². The molecule has 1 unspecified atom stereocenters. The summed E-state index contributed by atoms with van der Waals surface area (Å²) in [4.78, 5) is 4.65. The Labute approximate surface area is 132 Å². The monoisotopic (exact) mass is 290 g/mol. The predicted molar refractivity (Wildman–Crippen MR) is 90.4 cm³/mol.